The van der Waals surface area contributed by atoms with Gasteiger partial charge >= 0.3 is 6.03 Å². The zero-order chi connectivity index (χ0) is 24.7. The number of nitrogens with one attached hydrogen (secondary N) is 1. The Kier molecular flexibility index (Phi) is 6.24. The monoisotopic (exact) mass is 519 g/mol. The van der Waals surface area contributed by atoms with E-state index in [1.165, 1.54) is 16.6 Å². The molecule has 2 aromatic heterocycles. The highest BCUT2D eigenvalue weighted by Crippen LogP contribution is 2.40. The number of alkyl halides is 2. The van der Waals surface area contributed by atoms with Crippen LogP contribution in [0.1, 0.15) is 24.3 Å². The number of carbonyl (C=O) groups is 1. The van der Waals surface area contributed by atoms with Crippen LogP contribution in [0.3, 0.4) is 0 Å². The van der Waals surface area contributed by atoms with E-state index in [9.17, 15) is 18.8 Å². The van der Waals surface area contributed by atoms with Crippen LogP contribution in [0, 0.1) is 11.3 Å². The molecule has 1 aliphatic carbocycles. The standard InChI is InChI=1S/C21H23F2N9OS2/c1-29(2)20(33)31-7-5-30(6-8-31)15-9-13(35-28-21(12-24)3-4-21)10-16-14(15)11-25-32(16)19-27-26-18(34-19)17(22)23/h9-11,17,28H,3-8H2,1-2H3. The number of benzene rings is 1. The van der Waals surface area contributed by atoms with Crippen LogP contribution in [-0.4, -0.2) is 81.6 Å². The summed E-state index contributed by atoms with van der Waals surface area (Å²) in [6.07, 6.45) is 0.598. The average molecular weight is 520 g/mol. The summed E-state index contributed by atoms with van der Waals surface area (Å²) in [6.45, 7) is 2.43. The molecule has 1 aromatic carbocycles. The fourth-order valence-corrected chi connectivity index (χ4v) is 5.47. The van der Waals surface area contributed by atoms with Crippen molar-refractivity contribution in [2.75, 3.05) is 45.2 Å². The van der Waals surface area contributed by atoms with Crippen molar-refractivity contribution in [3.63, 3.8) is 0 Å². The molecule has 0 spiro atoms. The second kappa shape index (κ2) is 9.21. The average Bonchev–Trinajstić information content (AvgIpc) is 3.25. The van der Waals surface area contributed by atoms with E-state index in [1.807, 2.05) is 17.0 Å². The van der Waals surface area contributed by atoms with E-state index in [2.05, 4.69) is 31.0 Å². The van der Waals surface area contributed by atoms with Crippen LogP contribution < -0.4 is 9.62 Å². The number of rotatable bonds is 6. The van der Waals surface area contributed by atoms with Gasteiger partial charge in [-0.15, -0.1) is 10.2 Å². The molecule has 1 saturated carbocycles. The Hall–Kier alpha value is -3.02. The van der Waals surface area contributed by atoms with Crippen LogP contribution in [0.5, 0.6) is 0 Å². The minimum atomic E-state index is -2.70. The molecule has 2 fully saturated rings. The van der Waals surface area contributed by atoms with Crippen LogP contribution in [-0.2, 0) is 0 Å². The number of hydrogen-bond acceptors (Lipinski definition) is 9. The lowest BCUT2D eigenvalue weighted by Gasteiger charge is -2.37. The maximum atomic E-state index is 13.1. The van der Waals surface area contributed by atoms with Crippen LogP contribution in [0.2, 0.25) is 0 Å². The first kappa shape index (κ1) is 23.7. The summed E-state index contributed by atoms with van der Waals surface area (Å²) in [5.41, 5.74) is 1.12. The van der Waals surface area contributed by atoms with Gasteiger partial charge in [-0.1, -0.05) is 11.3 Å². The first-order valence-electron chi connectivity index (χ1n) is 11.0. The van der Waals surface area contributed by atoms with Crippen LogP contribution in [0.4, 0.5) is 19.3 Å². The lowest BCUT2D eigenvalue weighted by atomic mass is 10.1. The molecule has 2 aliphatic rings. The van der Waals surface area contributed by atoms with Crippen LogP contribution >= 0.6 is 23.3 Å². The number of piperazine rings is 1. The quantitative estimate of drug-likeness (QED) is 0.495. The first-order chi connectivity index (χ1) is 16.8. The lowest BCUT2D eigenvalue weighted by Crippen LogP contribution is -2.51. The Bertz CT molecular complexity index is 1290. The van der Waals surface area contributed by atoms with E-state index >= 15 is 0 Å². The first-order valence-corrected chi connectivity index (χ1v) is 12.6. The van der Waals surface area contributed by atoms with Crippen molar-refractivity contribution in [2.24, 2.45) is 0 Å². The van der Waals surface area contributed by atoms with Gasteiger partial charge in [0.1, 0.15) is 5.54 Å². The number of amides is 2. The normalized spacial score (nSPS) is 17.1. The Morgan fingerprint density at radius 3 is 2.60 bits per heavy atom. The van der Waals surface area contributed by atoms with Gasteiger partial charge in [0, 0.05) is 56.2 Å². The third-order valence-electron chi connectivity index (χ3n) is 6.04. The van der Waals surface area contributed by atoms with Gasteiger partial charge < -0.3 is 14.7 Å². The van der Waals surface area contributed by atoms with Gasteiger partial charge in [-0.05, 0) is 36.9 Å². The van der Waals surface area contributed by atoms with Gasteiger partial charge in [0.2, 0.25) is 5.13 Å². The Labute approximate surface area is 208 Å². The number of nitrogens with zero attached hydrogens (tertiary/aromatic N) is 8. The number of fused-ring (bicyclic) bond motifs is 1. The molecule has 14 heteroatoms. The molecule has 0 atom stereocenters. The van der Waals surface area contributed by atoms with Gasteiger partial charge in [0.25, 0.3) is 6.43 Å². The predicted octanol–water partition coefficient (Wildman–Crippen LogP) is 3.27. The molecule has 5 rings (SSSR count). The number of carbonyl (C=O) groups excluding carboxylic acids is 1. The number of halogens is 2. The summed E-state index contributed by atoms with van der Waals surface area (Å²) in [5.74, 6) is 0. The van der Waals surface area contributed by atoms with E-state index < -0.39 is 12.0 Å². The predicted molar refractivity (Wildman–Crippen MR) is 129 cm³/mol. The highest BCUT2D eigenvalue weighted by molar-refractivity contribution is 7.97. The fourth-order valence-electron chi connectivity index (χ4n) is 3.90. The van der Waals surface area contributed by atoms with Gasteiger partial charge in [-0.3, -0.25) is 0 Å². The summed E-state index contributed by atoms with van der Waals surface area (Å²) >= 11 is 2.17. The summed E-state index contributed by atoms with van der Waals surface area (Å²) in [4.78, 5) is 18.8. The van der Waals surface area contributed by atoms with Gasteiger partial charge in [0.15, 0.2) is 5.01 Å². The molecule has 3 heterocycles. The molecule has 3 aromatic rings. The smallest absolute Gasteiger partial charge is 0.319 e. The Morgan fingerprint density at radius 2 is 2.00 bits per heavy atom. The minimum absolute atomic E-state index is 0.0199. The number of urea groups is 1. The van der Waals surface area contributed by atoms with Crippen LogP contribution in [0.15, 0.2) is 23.2 Å². The van der Waals surface area contributed by atoms with Crippen molar-refractivity contribution in [1.29, 1.82) is 5.26 Å². The highest BCUT2D eigenvalue weighted by Gasteiger charge is 2.43. The van der Waals surface area contributed by atoms with E-state index in [4.69, 9.17) is 0 Å². The second-order valence-corrected chi connectivity index (χ2v) is 10.6. The number of anilines is 1. The molecule has 0 unspecified atom stereocenters. The van der Waals surface area contributed by atoms with E-state index in [0.717, 1.165) is 40.1 Å². The molecule has 1 N–H and O–H groups in total. The van der Waals surface area contributed by atoms with Crippen molar-refractivity contribution in [3.05, 3.63) is 23.3 Å². The van der Waals surface area contributed by atoms with Crippen molar-refractivity contribution in [2.45, 2.75) is 29.7 Å². The number of aromatic nitrogens is 4. The SMILES string of the molecule is CN(C)C(=O)N1CCN(c2cc(SNC3(C#N)CC3)cc3c2cnn3-c2nnc(C(F)F)s2)CC1. The van der Waals surface area contributed by atoms with E-state index in [0.29, 0.717) is 31.7 Å². The van der Waals surface area contributed by atoms with Crippen LogP contribution in [0.25, 0.3) is 16.0 Å². The van der Waals surface area contributed by atoms with E-state index in [-0.39, 0.29) is 16.2 Å². The highest BCUT2D eigenvalue weighted by atomic mass is 32.2. The third-order valence-corrected chi connectivity index (χ3v) is 7.91. The molecule has 0 bridgehead atoms. The minimum Gasteiger partial charge on any atom is -0.367 e. The summed E-state index contributed by atoms with van der Waals surface area (Å²) in [6, 6.07) is 6.24. The van der Waals surface area contributed by atoms with Crippen molar-refractivity contribution < 1.29 is 13.6 Å². The molecule has 1 aliphatic heterocycles. The number of hydrogen-bond donors (Lipinski definition) is 1. The number of nitriles is 1. The molecule has 10 nitrogen and oxygen atoms in total. The Morgan fingerprint density at radius 1 is 1.26 bits per heavy atom. The molecule has 35 heavy (non-hydrogen) atoms. The van der Waals surface area contributed by atoms with Gasteiger partial charge in [-0.2, -0.15) is 10.4 Å². The summed E-state index contributed by atoms with van der Waals surface area (Å²) < 4.78 is 31.0. The molecule has 1 saturated heterocycles. The largest absolute Gasteiger partial charge is 0.367 e. The molecule has 184 valence electrons. The molecule has 0 radical (unpaired) electrons. The zero-order valence-electron chi connectivity index (χ0n) is 19.1. The topological polar surface area (TPSA) is 106 Å². The zero-order valence-corrected chi connectivity index (χ0v) is 20.7. The maximum Gasteiger partial charge on any atom is 0.319 e. The summed E-state index contributed by atoms with van der Waals surface area (Å²) in [5, 5.41) is 22.1. The maximum absolute atomic E-state index is 13.1. The van der Waals surface area contributed by atoms with Crippen molar-refractivity contribution in [1.82, 2.24) is 34.5 Å². The van der Waals surface area contributed by atoms with Gasteiger partial charge in [-0.25, -0.2) is 23.0 Å². The third kappa shape index (κ3) is 4.63. The van der Waals surface area contributed by atoms with Gasteiger partial charge in [0.05, 0.1) is 17.8 Å². The molecular weight excluding hydrogens is 496 g/mol. The molecule has 2 amide bonds. The lowest BCUT2D eigenvalue weighted by molar-refractivity contribution is 0.150. The van der Waals surface area contributed by atoms with E-state index in [1.54, 1.807) is 25.2 Å². The summed E-state index contributed by atoms with van der Waals surface area (Å²) in [7, 11) is 3.47. The fraction of sp³-hybridized carbons (Fsp3) is 0.476. The van der Waals surface area contributed by atoms with Crippen molar-refractivity contribution in [3.8, 4) is 11.2 Å². The Balaban J connectivity index is 1.49. The second-order valence-electron chi connectivity index (χ2n) is 8.70. The molecular formula is C21H23F2N9OS2. The van der Waals surface area contributed by atoms with Crippen molar-refractivity contribution >= 4 is 45.9 Å².